The van der Waals surface area contributed by atoms with Crippen molar-refractivity contribution in [2.24, 2.45) is 0 Å². The van der Waals surface area contributed by atoms with Gasteiger partial charge in [0.1, 0.15) is 0 Å². The minimum atomic E-state index is -2.70. The molecule has 0 saturated heterocycles. The Kier molecular flexibility index (Phi) is 9.69. The number of nitrogens with one attached hydrogen (secondary N) is 3. The lowest BCUT2D eigenvalue weighted by Gasteiger charge is -2.09. The first-order valence-electron chi connectivity index (χ1n) is 8.66. The van der Waals surface area contributed by atoms with Gasteiger partial charge in [-0.1, -0.05) is 6.92 Å². The predicted octanol–water partition coefficient (Wildman–Crippen LogP) is 2.06. The molecular weight excluding hydrogens is 408 g/mol. The molecule has 0 fully saturated rings. The molecule has 2 rings (SSSR count). The van der Waals surface area contributed by atoms with E-state index in [1.165, 1.54) is 0 Å². The molecule has 3 N–H and O–H groups in total. The molecule has 0 bridgehead atoms. The molecule has 0 saturated carbocycles. The second-order valence-corrected chi connectivity index (χ2v) is 6.55. The van der Waals surface area contributed by atoms with Gasteiger partial charge in [0, 0.05) is 24.5 Å². The van der Waals surface area contributed by atoms with Gasteiger partial charge in [0.05, 0.1) is 19.8 Å². The largest absolute Gasteiger partial charge is 0.379 e. The number of benzene rings is 1. The zero-order chi connectivity index (χ0) is 20.2. The maximum atomic E-state index is 10.7. The molecule has 0 spiro atoms. The number of nitrogens with zero attached hydrogens (tertiary/aromatic N) is 3. The summed E-state index contributed by atoms with van der Waals surface area (Å²) in [7, 11) is -2.70. The van der Waals surface area contributed by atoms with Crippen molar-refractivity contribution in [1.82, 2.24) is 15.0 Å². The first-order chi connectivity index (χ1) is 13.6. The van der Waals surface area contributed by atoms with E-state index in [1.807, 2.05) is 0 Å². The van der Waals surface area contributed by atoms with Crippen molar-refractivity contribution in [3.8, 4) is 0 Å². The third-order valence-electron chi connectivity index (χ3n) is 3.22. The monoisotopic (exact) mass is 430 g/mol. The van der Waals surface area contributed by atoms with Gasteiger partial charge in [-0.05, 0) is 42.3 Å². The van der Waals surface area contributed by atoms with Gasteiger partial charge in [-0.3, -0.25) is 4.72 Å². The van der Waals surface area contributed by atoms with Crippen LogP contribution in [0.15, 0.2) is 24.3 Å². The van der Waals surface area contributed by atoms with Crippen molar-refractivity contribution in [2.75, 3.05) is 48.3 Å². The molecule has 2 aromatic rings. The van der Waals surface area contributed by atoms with Crippen molar-refractivity contribution in [1.29, 1.82) is 0 Å². The fraction of sp³-hybridized carbons (Fsp3) is 0.438. The summed E-state index contributed by atoms with van der Waals surface area (Å²) in [5, 5.41) is 6.03. The van der Waals surface area contributed by atoms with Gasteiger partial charge in [-0.25, -0.2) is 8.42 Å². The Balaban J connectivity index is 1.82. The summed E-state index contributed by atoms with van der Waals surface area (Å²) in [6, 6.07) is 6.58. The smallest absolute Gasteiger partial charge is 0.233 e. The highest BCUT2D eigenvalue weighted by Crippen LogP contribution is 2.18. The molecular formula is C16H23ClN6O4S. The average Bonchev–Trinajstić information content (AvgIpc) is 2.65. The molecule has 10 nitrogen and oxygen atoms in total. The molecule has 0 aliphatic rings. The predicted molar refractivity (Wildman–Crippen MR) is 109 cm³/mol. The lowest BCUT2D eigenvalue weighted by Crippen LogP contribution is -2.15. The van der Waals surface area contributed by atoms with Gasteiger partial charge in [-0.15, -0.1) is 0 Å². The number of hydrogen-bond acceptors (Lipinski definition) is 9. The summed E-state index contributed by atoms with van der Waals surface area (Å²) >= 11 is 5.94. The summed E-state index contributed by atoms with van der Waals surface area (Å²) in [5.41, 5.74) is 1.12. The van der Waals surface area contributed by atoms with E-state index in [4.69, 9.17) is 21.1 Å². The molecule has 0 unspecified atom stereocenters. The molecule has 0 atom stereocenters. The van der Waals surface area contributed by atoms with E-state index < -0.39 is 10.9 Å². The SMILES string of the molecule is CCCOCCOCCNc1nc(Cl)nc(Nc2ccc(N[SH](=O)=O)cc2)n1. The molecule has 0 radical (unpaired) electrons. The Bertz CT molecular complexity index is 798. The fourth-order valence-electron chi connectivity index (χ4n) is 2.05. The van der Waals surface area contributed by atoms with Gasteiger partial charge >= 0.3 is 0 Å². The summed E-state index contributed by atoms with van der Waals surface area (Å²) in [5.74, 6) is 0.571. The van der Waals surface area contributed by atoms with E-state index in [-0.39, 0.29) is 11.2 Å². The molecule has 0 amide bonds. The van der Waals surface area contributed by atoms with E-state index in [9.17, 15) is 8.42 Å². The second kappa shape index (κ2) is 12.3. The number of thiol groups is 1. The van der Waals surface area contributed by atoms with E-state index in [2.05, 4.69) is 37.2 Å². The average molecular weight is 431 g/mol. The second-order valence-electron chi connectivity index (χ2n) is 5.47. The van der Waals surface area contributed by atoms with Gasteiger partial charge < -0.3 is 20.1 Å². The Labute approximate surface area is 170 Å². The zero-order valence-corrected chi connectivity index (χ0v) is 17.0. The van der Waals surface area contributed by atoms with Gasteiger partial charge in [0.25, 0.3) is 0 Å². The van der Waals surface area contributed by atoms with Crippen molar-refractivity contribution in [3.05, 3.63) is 29.5 Å². The minimum Gasteiger partial charge on any atom is -0.379 e. The molecule has 0 aliphatic carbocycles. The van der Waals surface area contributed by atoms with Crippen LogP contribution in [-0.4, -0.2) is 56.3 Å². The molecule has 1 aromatic carbocycles. The number of hydrogen-bond donors (Lipinski definition) is 4. The van der Waals surface area contributed by atoms with Crippen LogP contribution in [0, 0.1) is 0 Å². The maximum Gasteiger partial charge on any atom is 0.233 e. The third kappa shape index (κ3) is 8.65. The summed E-state index contributed by atoms with van der Waals surface area (Å²) in [6.45, 7) is 4.85. The van der Waals surface area contributed by atoms with Gasteiger partial charge in [0.15, 0.2) is 0 Å². The van der Waals surface area contributed by atoms with Crippen LogP contribution < -0.4 is 15.4 Å². The molecule has 0 aliphatic heterocycles. The third-order valence-corrected chi connectivity index (χ3v) is 3.83. The van der Waals surface area contributed by atoms with Crippen LogP contribution in [0.4, 0.5) is 23.3 Å². The van der Waals surface area contributed by atoms with Crippen LogP contribution in [-0.2, 0) is 20.4 Å². The molecule has 28 heavy (non-hydrogen) atoms. The summed E-state index contributed by atoms with van der Waals surface area (Å²) in [4.78, 5) is 12.3. The number of halogens is 1. The maximum absolute atomic E-state index is 10.7. The lowest BCUT2D eigenvalue weighted by molar-refractivity contribution is 0.0518. The van der Waals surface area contributed by atoms with Gasteiger partial charge in [0.2, 0.25) is 28.1 Å². The molecule has 12 heteroatoms. The van der Waals surface area contributed by atoms with E-state index in [1.54, 1.807) is 24.3 Å². The Hall–Kier alpha value is -2.21. The Morgan fingerprint density at radius 1 is 0.929 bits per heavy atom. The first-order valence-corrected chi connectivity index (χ1v) is 10.2. The molecule has 1 heterocycles. The number of rotatable bonds is 13. The highest BCUT2D eigenvalue weighted by Gasteiger charge is 2.05. The van der Waals surface area contributed by atoms with Crippen LogP contribution in [0.3, 0.4) is 0 Å². The number of ether oxygens (including phenoxy) is 2. The number of aromatic nitrogens is 3. The number of anilines is 4. The van der Waals surface area contributed by atoms with Crippen LogP contribution >= 0.6 is 11.6 Å². The first kappa shape index (κ1) is 22.1. The topological polar surface area (TPSA) is 127 Å². The van der Waals surface area contributed by atoms with Crippen LogP contribution in [0.5, 0.6) is 0 Å². The van der Waals surface area contributed by atoms with Crippen molar-refractivity contribution in [3.63, 3.8) is 0 Å². The Morgan fingerprint density at radius 3 is 2.25 bits per heavy atom. The van der Waals surface area contributed by atoms with Crippen molar-refractivity contribution >= 4 is 45.8 Å². The summed E-state index contributed by atoms with van der Waals surface area (Å²) < 4.78 is 34.4. The van der Waals surface area contributed by atoms with Crippen LogP contribution in [0.2, 0.25) is 5.28 Å². The van der Waals surface area contributed by atoms with E-state index >= 15 is 0 Å². The summed E-state index contributed by atoms with van der Waals surface area (Å²) in [6.07, 6.45) is 0.987. The van der Waals surface area contributed by atoms with Gasteiger partial charge in [-0.2, -0.15) is 15.0 Å². The fourth-order valence-corrected chi connectivity index (χ4v) is 2.57. The zero-order valence-electron chi connectivity index (χ0n) is 15.4. The van der Waals surface area contributed by atoms with Crippen LogP contribution in [0.25, 0.3) is 0 Å². The van der Waals surface area contributed by atoms with E-state index in [0.29, 0.717) is 43.7 Å². The van der Waals surface area contributed by atoms with Crippen molar-refractivity contribution in [2.45, 2.75) is 13.3 Å². The van der Waals surface area contributed by atoms with Crippen molar-refractivity contribution < 1.29 is 17.9 Å². The molecule has 1 aromatic heterocycles. The normalized spacial score (nSPS) is 10.8. The van der Waals surface area contributed by atoms with E-state index in [0.717, 1.165) is 13.0 Å². The highest BCUT2D eigenvalue weighted by atomic mass is 35.5. The molecule has 154 valence electrons. The highest BCUT2D eigenvalue weighted by molar-refractivity contribution is 7.73. The quantitative estimate of drug-likeness (QED) is 0.279. The van der Waals surface area contributed by atoms with Crippen LogP contribution in [0.1, 0.15) is 13.3 Å². The Morgan fingerprint density at radius 2 is 1.57 bits per heavy atom. The lowest BCUT2D eigenvalue weighted by atomic mass is 10.3. The standard InChI is InChI=1S/C16H23ClN6O4S/c1-2-8-26-10-11-27-9-7-18-15-20-14(17)21-16(22-15)19-12-3-5-13(6-4-12)23-28(24)25/h3-6,28H,2,7-11H2,1H3,(H,23,24,25)(H2,18,19,20,21,22). The minimum absolute atomic E-state index is 0.0375.